The first kappa shape index (κ1) is 14.8. The van der Waals surface area contributed by atoms with E-state index in [4.69, 9.17) is 9.47 Å². The SMILES string of the molecule is C=C1CCC(COCc2ccccc2)(C(=O)OC)CC1. The molecule has 0 aromatic heterocycles. The van der Waals surface area contributed by atoms with Gasteiger partial charge in [-0.2, -0.15) is 0 Å². The first-order valence-electron chi connectivity index (χ1n) is 7.03. The van der Waals surface area contributed by atoms with Crippen molar-refractivity contribution in [2.24, 2.45) is 5.41 Å². The molecule has 1 saturated carbocycles. The molecule has 0 unspecified atom stereocenters. The zero-order valence-electron chi connectivity index (χ0n) is 12.1. The van der Waals surface area contributed by atoms with E-state index in [1.54, 1.807) is 0 Å². The molecule has 0 aliphatic heterocycles. The quantitative estimate of drug-likeness (QED) is 0.609. The van der Waals surface area contributed by atoms with E-state index in [1.165, 1.54) is 12.7 Å². The zero-order valence-corrected chi connectivity index (χ0v) is 12.1. The fraction of sp³-hybridized carbons (Fsp3) is 0.471. The van der Waals surface area contributed by atoms with Gasteiger partial charge in [-0.05, 0) is 31.2 Å². The third-order valence-corrected chi connectivity index (χ3v) is 4.02. The number of carbonyl (C=O) groups excluding carboxylic acids is 1. The molecule has 0 N–H and O–H groups in total. The van der Waals surface area contributed by atoms with Crippen LogP contribution < -0.4 is 0 Å². The Bertz CT molecular complexity index is 454. The number of esters is 1. The maximum Gasteiger partial charge on any atom is 0.314 e. The monoisotopic (exact) mass is 274 g/mol. The van der Waals surface area contributed by atoms with Crippen LogP contribution in [-0.2, 0) is 20.9 Å². The molecule has 2 rings (SSSR count). The normalized spacial score (nSPS) is 17.8. The van der Waals surface area contributed by atoms with E-state index >= 15 is 0 Å². The van der Waals surface area contributed by atoms with Crippen LogP contribution in [0.15, 0.2) is 42.5 Å². The van der Waals surface area contributed by atoms with E-state index in [0.29, 0.717) is 13.2 Å². The number of benzene rings is 1. The van der Waals surface area contributed by atoms with E-state index in [-0.39, 0.29) is 5.97 Å². The van der Waals surface area contributed by atoms with Gasteiger partial charge in [0.2, 0.25) is 0 Å². The van der Waals surface area contributed by atoms with Gasteiger partial charge in [-0.1, -0.05) is 42.5 Å². The summed E-state index contributed by atoms with van der Waals surface area (Å²) in [6.07, 6.45) is 3.30. The fourth-order valence-corrected chi connectivity index (χ4v) is 2.64. The minimum Gasteiger partial charge on any atom is -0.469 e. The third kappa shape index (κ3) is 3.48. The number of hydrogen-bond acceptors (Lipinski definition) is 3. The lowest BCUT2D eigenvalue weighted by atomic mass is 9.73. The molecule has 20 heavy (non-hydrogen) atoms. The van der Waals surface area contributed by atoms with Crippen LogP contribution in [0, 0.1) is 5.41 Å². The van der Waals surface area contributed by atoms with Crippen LogP contribution in [0.2, 0.25) is 0 Å². The van der Waals surface area contributed by atoms with Gasteiger partial charge >= 0.3 is 5.97 Å². The van der Waals surface area contributed by atoms with E-state index in [9.17, 15) is 4.79 Å². The van der Waals surface area contributed by atoms with Gasteiger partial charge in [0.15, 0.2) is 0 Å². The number of carbonyl (C=O) groups is 1. The molecule has 3 heteroatoms. The van der Waals surface area contributed by atoms with Crippen LogP contribution in [-0.4, -0.2) is 19.7 Å². The third-order valence-electron chi connectivity index (χ3n) is 4.02. The summed E-state index contributed by atoms with van der Waals surface area (Å²) in [5, 5.41) is 0. The second kappa shape index (κ2) is 6.71. The number of rotatable bonds is 5. The van der Waals surface area contributed by atoms with E-state index in [0.717, 1.165) is 31.2 Å². The highest BCUT2D eigenvalue weighted by Gasteiger charge is 2.41. The van der Waals surface area contributed by atoms with Crippen LogP contribution in [0.5, 0.6) is 0 Å². The van der Waals surface area contributed by atoms with Gasteiger partial charge in [0.1, 0.15) is 0 Å². The second-order valence-corrected chi connectivity index (χ2v) is 5.50. The van der Waals surface area contributed by atoms with Gasteiger partial charge in [0.05, 0.1) is 25.7 Å². The molecule has 3 nitrogen and oxygen atoms in total. The minimum atomic E-state index is -0.495. The van der Waals surface area contributed by atoms with Crippen molar-refractivity contribution in [1.29, 1.82) is 0 Å². The predicted molar refractivity (Wildman–Crippen MR) is 78.2 cm³/mol. The Morgan fingerprint density at radius 3 is 2.50 bits per heavy atom. The average molecular weight is 274 g/mol. The van der Waals surface area contributed by atoms with Gasteiger partial charge in [0.25, 0.3) is 0 Å². The summed E-state index contributed by atoms with van der Waals surface area (Å²) in [6.45, 7) is 4.95. The van der Waals surface area contributed by atoms with E-state index in [1.807, 2.05) is 30.3 Å². The lowest BCUT2D eigenvalue weighted by Gasteiger charge is -2.34. The summed E-state index contributed by atoms with van der Waals surface area (Å²) in [5.41, 5.74) is 1.84. The number of hydrogen-bond donors (Lipinski definition) is 0. The molecular formula is C17H22O3. The van der Waals surface area contributed by atoms with Crippen molar-refractivity contribution in [3.63, 3.8) is 0 Å². The van der Waals surface area contributed by atoms with Crippen molar-refractivity contribution >= 4 is 5.97 Å². The van der Waals surface area contributed by atoms with Crippen molar-refractivity contribution in [2.45, 2.75) is 32.3 Å². The molecule has 0 amide bonds. The van der Waals surface area contributed by atoms with Crippen LogP contribution >= 0.6 is 0 Å². The summed E-state index contributed by atoms with van der Waals surface area (Å²) >= 11 is 0. The molecule has 1 fully saturated rings. The first-order valence-corrected chi connectivity index (χ1v) is 7.03. The standard InChI is InChI=1S/C17H22O3/c1-14-8-10-17(11-9-14,16(18)19-2)13-20-12-15-6-4-3-5-7-15/h3-7H,1,8-13H2,2H3. The Morgan fingerprint density at radius 2 is 1.90 bits per heavy atom. The molecule has 0 heterocycles. The Morgan fingerprint density at radius 1 is 1.25 bits per heavy atom. The maximum atomic E-state index is 12.1. The summed E-state index contributed by atoms with van der Waals surface area (Å²) in [4.78, 5) is 12.1. The smallest absolute Gasteiger partial charge is 0.314 e. The van der Waals surface area contributed by atoms with Gasteiger partial charge in [-0.15, -0.1) is 0 Å². The van der Waals surface area contributed by atoms with Crippen molar-refractivity contribution in [3.8, 4) is 0 Å². The van der Waals surface area contributed by atoms with Crippen molar-refractivity contribution < 1.29 is 14.3 Å². The lowest BCUT2D eigenvalue weighted by Crippen LogP contribution is -2.39. The Labute approximate surface area is 120 Å². The highest BCUT2D eigenvalue weighted by Crippen LogP contribution is 2.39. The van der Waals surface area contributed by atoms with Gasteiger partial charge < -0.3 is 9.47 Å². The molecule has 1 aliphatic carbocycles. The largest absolute Gasteiger partial charge is 0.469 e. The molecule has 108 valence electrons. The Kier molecular flexibility index (Phi) is 4.96. The fourth-order valence-electron chi connectivity index (χ4n) is 2.64. The highest BCUT2D eigenvalue weighted by atomic mass is 16.5. The Hall–Kier alpha value is -1.61. The molecule has 0 atom stereocenters. The first-order chi connectivity index (χ1) is 9.66. The molecule has 0 spiro atoms. The number of allylic oxidation sites excluding steroid dienone is 1. The van der Waals surface area contributed by atoms with Crippen LogP contribution in [0.25, 0.3) is 0 Å². The van der Waals surface area contributed by atoms with Crippen LogP contribution in [0.3, 0.4) is 0 Å². The van der Waals surface area contributed by atoms with Crippen molar-refractivity contribution in [2.75, 3.05) is 13.7 Å². The summed E-state index contributed by atoms with van der Waals surface area (Å²) < 4.78 is 10.8. The highest BCUT2D eigenvalue weighted by molar-refractivity contribution is 5.77. The second-order valence-electron chi connectivity index (χ2n) is 5.50. The van der Waals surface area contributed by atoms with Gasteiger partial charge in [-0.3, -0.25) is 4.79 Å². The molecular weight excluding hydrogens is 252 g/mol. The predicted octanol–water partition coefficient (Wildman–Crippen LogP) is 3.49. The summed E-state index contributed by atoms with van der Waals surface area (Å²) in [6, 6.07) is 9.99. The molecule has 1 aromatic rings. The maximum absolute atomic E-state index is 12.1. The van der Waals surface area contributed by atoms with Crippen molar-refractivity contribution in [3.05, 3.63) is 48.0 Å². The molecule has 1 aliphatic rings. The van der Waals surface area contributed by atoms with E-state index < -0.39 is 5.41 Å². The van der Waals surface area contributed by atoms with Crippen LogP contribution in [0.1, 0.15) is 31.2 Å². The number of methoxy groups -OCH3 is 1. The summed E-state index contributed by atoms with van der Waals surface area (Å²) in [5.74, 6) is -0.155. The van der Waals surface area contributed by atoms with Crippen molar-refractivity contribution in [1.82, 2.24) is 0 Å². The molecule has 0 bridgehead atoms. The molecule has 0 saturated heterocycles. The van der Waals surface area contributed by atoms with Crippen LogP contribution in [0.4, 0.5) is 0 Å². The summed E-state index contributed by atoms with van der Waals surface area (Å²) in [7, 11) is 1.45. The zero-order chi connectivity index (χ0) is 14.4. The molecule has 0 radical (unpaired) electrons. The molecule has 1 aromatic carbocycles. The number of ether oxygens (including phenoxy) is 2. The minimum absolute atomic E-state index is 0.155. The van der Waals surface area contributed by atoms with Gasteiger partial charge in [-0.25, -0.2) is 0 Å². The topological polar surface area (TPSA) is 35.5 Å². The van der Waals surface area contributed by atoms with E-state index in [2.05, 4.69) is 6.58 Å². The van der Waals surface area contributed by atoms with Gasteiger partial charge in [0, 0.05) is 0 Å². The lowest BCUT2D eigenvalue weighted by molar-refractivity contribution is -0.159. The Balaban J connectivity index is 1.95. The average Bonchev–Trinajstić information content (AvgIpc) is 2.50.